The third-order valence-corrected chi connectivity index (χ3v) is 4.42. The molecule has 0 bridgehead atoms. The van der Waals surface area contributed by atoms with Gasteiger partial charge in [-0.15, -0.1) is 0 Å². The molecular formula is C14H22N2O5S. The highest BCUT2D eigenvalue weighted by atomic mass is 32.2. The number of hydrogen-bond donors (Lipinski definition) is 3. The zero-order valence-corrected chi connectivity index (χ0v) is 13.5. The largest absolute Gasteiger partial charge is 0.398 e. The lowest BCUT2D eigenvalue weighted by Gasteiger charge is -2.25. The maximum absolute atomic E-state index is 10.9. The third-order valence-electron chi connectivity index (χ3n) is 3.89. The molecule has 1 aromatic rings. The molecule has 8 heteroatoms. The second-order valence-corrected chi connectivity index (χ2v) is 6.50. The van der Waals surface area contributed by atoms with Crippen LogP contribution in [0.3, 0.4) is 0 Å². The molecule has 7 nitrogen and oxygen atoms in total. The average molecular weight is 330 g/mol. The number of nitrogens with two attached hydrogens (primary N) is 1. The molecule has 1 heterocycles. The first-order valence-corrected chi connectivity index (χ1v) is 8.66. The van der Waals surface area contributed by atoms with Crippen molar-refractivity contribution in [2.75, 3.05) is 12.3 Å². The smallest absolute Gasteiger partial charge is 0.333 e. The topological polar surface area (TPSA) is 111 Å². The maximum Gasteiger partial charge on any atom is 0.333 e. The van der Waals surface area contributed by atoms with Crippen molar-refractivity contribution in [1.29, 1.82) is 0 Å². The Balaban J connectivity index is 2.29. The molecule has 0 radical (unpaired) electrons. The fraction of sp³-hybridized carbons (Fsp3) is 0.571. The van der Waals surface area contributed by atoms with Crippen LogP contribution in [0.15, 0.2) is 24.3 Å². The monoisotopic (exact) mass is 330 g/mol. The highest BCUT2D eigenvalue weighted by molar-refractivity contribution is 7.83. The fourth-order valence-corrected chi connectivity index (χ4v) is 3.00. The standard InChI is InChI=1S/C14H22N2O5S/c1-3-14(4-2)20-12(9-16-22(17,18)19)13(21-14)10-7-5-6-8-11(10)15/h5-8,12-13,16H,3-4,9,15H2,1-2H3,(H,17,18,19). The van der Waals surface area contributed by atoms with Crippen molar-refractivity contribution >= 4 is 16.0 Å². The van der Waals surface area contributed by atoms with Gasteiger partial charge in [-0.05, 0) is 18.9 Å². The van der Waals surface area contributed by atoms with Crippen molar-refractivity contribution in [1.82, 2.24) is 4.72 Å². The van der Waals surface area contributed by atoms with Crippen LogP contribution < -0.4 is 10.5 Å². The van der Waals surface area contributed by atoms with Gasteiger partial charge in [0, 0.05) is 17.8 Å². The van der Waals surface area contributed by atoms with Gasteiger partial charge in [0.2, 0.25) is 0 Å². The van der Waals surface area contributed by atoms with Gasteiger partial charge in [0.25, 0.3) is 0 Å². The van der Waals surface area contributed by atoms with E-state index in [2.05, 4.69) is 4.72 Å². The molecule has 1 aliphatic heterocycles. The molecule has 0 saturated carbocycles. The first-order chi connectivity index (χ1) is 10.3. The Morgan fingerprint density at radius 3 is 2.45 bits per heavy atom. The molecule has 1 aliphatic rings. The number of anilines is 1. The molecule has 0 amide bonds. The van der Waals surface area contributed by atoms with E-state index in [0.717, 1.165) is 5.56 Å². The zero-order chi connectivity index (χ0) is 16.4. The third kappa shape index (κ3) is 3.76. The van der Waals surface area contributed by atoms with E-state index in [1.54, 1.807) is 6.07 Å². The Kier molecular flexibility index (Phi) is 5.08. The van der Waals surface area contributed by atoms with Crippen LogP contribution in [-0.4, -0.2) is 31.4 Å². The van der Waals surface area contributed by atoms with E-state index in [0.29, 0.717) is 18.5 Å². The summed E-state index contributed by atoms with van der Waals surface area (Å²) in [6.07, 6.45) is 0.159. The van der Waals surface area contributed by atoms with Crippen LogP contribution in [0.2, 0.25) is 0 Å². The van der Waals surface area contributed by atoms with Crippen molar-refractivity contribution in [3.63, 3.8) is 0 Å². The number of para-hydroxylation sites is 1. The summed E-state index contributed by atoms with van der Waals surface area (Å²) in [5, 5.41) is 0. The first kappa shape index (κ1) is 17.2. The lowest BCUT2D eigenvalue weighted by Crippen LogP contribution is -2.36. The van der Waals surface area contributed by atoms with Gasteiger partial charge in [-0.3, -0.25) is 4.55 Å². The number of nitrogens with one attached hydrogen (secondary N) is 1. The molecule has 2 rings (SSSR count). The second-order valence-electron chi connectivity index (χ2n) is 5.26. The van der Waals surface area contributed by atoms with Crippen molar-refractivity contribution in [2.24, 2.45) is 0 Å². The summed E-state index contributed by atoms with van der Waals surface area (Å²) in [5.41, 5.74) is 7.29. The Bertz CT molecular complexity index is 615. The van der Waals surface area contributed by atoms with E-state index in [1.807, 2.05) is 32.0 Å². The van der Waals surface area contributed by atoms with Gasteiger partial charge in [0.1, 0.15) is 12.2 Å². The number of benzene rings is 1. The molecular weight excluding hydrogens is 308 g/mol. The van der Waals surface area contributed by atoms with E-state index in [1.165, 1.54) is 0 Å². The van der Waals surface area contributed by atoms with Crippen LogP contribution in [-0.2, 0) is 19.8 Å². The summed E-state index contributed by atoms with van der Waals surface area (Å²) < 4.78 is 44.8. The zero-order valence-electron chi connectivity index (χ0n) is 12.7. The summed E-state index contributed by atoms with van der Waals surface area (Å²) in [6.45, 7) is 3.78. The molecule has 2 atom stereocenters. The summed E-state index contributed by atoms with van der Waals surface area (Å²) in [7, 11) is -4.29. The van der Waals surface area contributed by atoms with Crippen LogP contribution in [0.1, 0.15) is 38.4 Å². The highest BCUT2D eigenvalue weighted by Crippen LogP contribution is 2.43. The van der Waals surface area contributed by atoms with Gasteiger partial charge in [-0.25, -0.2) is 0 Å². The van der Waals surface area contributed by atoms with Gasteiger partial charge in [-0.2, -0.15) is 13.1 Å². The minimum absolute atomic E-state index is 0.0976. The molecule has 1 fully saturated rings. The van der Waals surface area contributed by atoms with E-state index >= 15 is 0 Å². The minimum Gasteiger partial charge on any atom is -0.398 e. The first-order valence-electron chi connectivity index (χ1n) is 7.22. The molecule has 0 spiro atoms. The van der Waals surface area contributed by atoms with Crippen molar-refractivity contribution < 1.29 is 22.4 Å². The molecule has 0 aromatic heterocycles. The van der Waals surface area contributed by atoms with Crippen molar-refractivity contribution in [3.8, 4) is 0 Å². The summed E-state index contributed by atoms with van der Waals surface area (Å²) in [6, 6.07) is 7.22. The molecule has 124 valence electrons. The van der Waals surface area contributed by atoms with Crippen LogP contribution in [0, 0.1) is 0 Å². The molecule has 4 N–H and O–H groups in total. The van der Waals surface area contributed by atoms with E-state index in [-0.39, 0.29) is 6.54 Å². The van der Waals surface area contributed by atoms with Gasteiger partial charge in [-0.1, -0.05) is 32.0 Å². The number of ether oxygens (including phenoxy) is 2. The van der Waals surface area contributed by atoms with Gasteiger partial charge >= 0.3 is 10.3 Å². The molecule has 1 saturated heterocycles. The lowest BCUT2D eigenvalue weighted by molar-refractivity contribution is -0.179. The fourth-order valence-electron chi connectivity index (χ4n) is 2.63. The second kappa shape index (κ2) is 6.51. The molecule has 1 aromatic carbocycles. The Labute approximate surface area is 130 Å². The van der Waals surface area contributed by atoms with Crippen LogP contribution in [0.5, 0.6) is 0 Å². The lowest BCUT2D eigenvalue weighted by atomic mass is 10.0. The minimum atomic E-state index is -4.29. The normalized spacial score (nSPS) is 24.5. The number of nitrogen functional groups attached to an aromatic ring is 1. The molecule has 0 aliphatic carbocycles. The summed E-state index contributed by atoms with van der Waals surface area (Å²) >= 11 is 0. The Morgan fingerprint density at radius 2 is 1.91 bits per heavy atom. The average Bonchev–Trinajstić information content (AvgIpc) is 2.85. The van der Waals surface area contributed by atoms with Crippen LogP contribution >= 0.6 is 0 Å². The van der Waals surface area contributed by atoms with Gasteiger partial charge in [0.05, 0.1) is 0 Å². The van der Waals surface area contributed by atoms with Crippen molar-refractivity contribution in [3.05, 3.63) is 29.8 Å². The predicted octanol–water partition coefficient (Wildman–Crippen LogP) is 1.63. The van der Waals surface area contributed by atoms with Crippen LogP contribution in [0.25, 0.3) is 0 Å². The summed E-state index contributed by atoms with van der Waals surface area (Å²) in [5.74, 6) is -0.779. The summed E-state index contributed by atoms with van der Waals surface area (Å²) in [4.78, 5) is 0. The molecule has 22 heavy (non-hydrogen) atoms. The van der Waals surface area contributed by atoms with E-state index in [9.17, 15) is 8.42 Å². The van der Waals surface area contributed by atoms with E-state index in [4.69, 9.17) is 19.8 Å². The SMILES string of the molecule is CCC1(CC)OC(CNS(=O)(=O)O)C(c2ccccc2N)O1. The van der Waals surface area contributed by atoms with E-state index < -0.39 is 28.3 Å². The molecule has 2 unspecified atom stereocenters. The number of rotatable bonds is 6. The predicted molar refractivity (Wildman–Crippen MR) is 82.4 cm³/mol. The maximum atomic E-state index is 10.9. The Hall–Kier alpha value is -1.19. The van der Waals surface area contributed by atoms with Gasteiger partial charge < -0.3 is 15.2 Å². The van der Waals surface area contributed by atoms with Crippen LogP contribution in [0.4, 0.5) is 5.69 Å². The van der Waals surface area contributed by atoms with Gasteiger partial charge in [0.15, 0.2) is 5.79 Å². The number of hydrogen-bond acceptors (Lipinski definition) is 5. The highest BCUT2D eigenvalue weighted by Gasteiger charge is 2.46. The quantitative estimate of drug-likeness (QED) is 0.540. The van der Waals surface area contributed by atoms with Crippen molar-refractivity contribution in [2.45, 2.75) is 44.7 Å². The Morgan fingerprint density at radius 1 is 1.27 bits per heavy atom.